The van der Waals surface area contributed by atoms with E-state index in [2.05, 4.69) is 5.10 Å². The van der Waals surface area contributed by atoms with Crippen molar-refractivity contribution < 1.29 is 9.90 Å². The number of aromatic nitrogens is 2. The van der Waals surface area contributed by atoms with Gasteiger partial charge in [-0.25, -0.2) is 0 Å². The van der Waals surface area contributed by atoms with Gasteiger partial charge in [-0.3, -0.25) is 9.48 Å². The van der Waals surface area contributed by atoms with E-state index in [1.807, 2.05) is 6.92 Å². The fourth-order valence-corrected chi connectivity index (χ4v) is 0.911. The standard InChI is InChI=1S/C8H12N2O2/c1-3-10-5-4-7(9-10)6(2)8(11)12/h4-6H,3H2,1-2H3,(H,11,12). The first kappa shape index (κ1) is 8.77. The summed E-state index contributed by atoms with van der Waals surface area (Å²) in [6, 6.07) is 1.74. The fourth-order valence-electron chi connectivity index (χ4n) is 0.911. The highest BCUT2D eigenvalue weighted by molar-refractivity contribution is 5.74. The molecule has 1 unspecified atom stereocenters. The van der Waals surface area contributed by atoms with Crippen LogP contribution in [0.25, 0.3) is 0 Å². The second kappa shape index (κ2) is 3.38. The number of carboxylic acids is 1. The van der Waals surface area contributed by atoms with Gasteiger partial charge in [-0.2, -0.15) is 5.10 Å². The molecule has 0 radical (unpaired) electrons. The number of aryl methyl sites for hydroxylation is 1. The first-order chi connectivity index (χ1) is 5.65. The molecular formula is C8H12N2O2. The molecule has 0 bridgehead atoms. The number of hydrogen-bond donors (Lipinski definition) is 1. The molecule has 0 saturated carbocycles. The Bertz CT molecular complexity index is 280. The van der Waals surface area contributed by atoms with Crippen molar-refractivity contribution in [2.45, 2.75) is 26.3 Å². The van der Waals surface area contributed by atoms with Gasteiger partial charge in [-0.1, -0.05) is 0 Å². The van der Waals surface area contributed by atoms with Crippen molar-refractivity contribution >= 4 is 5.97 Å². The maximum atomic E-state index is 10.5. The molecule has 1 rings (SSSR count). The van der Waals surface area contributed by atoms with Crippen LogP contribution in [0.15, 0.2) is 12.3 Å². The summed E-state index contributed by atoms with van der Waals surface area (Å²) in [4.78, 5) is 10.5. The molecule has 0 aliphatic carbocycles. The van der Waals surface area contributed by atoms with Gasteiger partial charge in [0.15, 0.2) is 0 Å². The van der Waals surface area contributed by atoms with E-state index in [0.29, 0.717) is 5.69 Å². The molecule has 1 aromatic rings. The molecule has 1 aromatic heterocycles. The molecule has 0 aliphatic heterocycles. The first-order valence-corrected chi connectivity index (χ1v) is 3.91. The van der Waals surface area contributed by atoms with Gasteiger partial charge < -0.3 is 5.11 Å². The predicted molar refractivity (Wildman–Crippen MR) is 44.0 cm³/mol. The highest BCUT2D eigenvalue weighted by atomic mass is 16.4. The average Bonchev–Trinajstić information content (AvgIpc) is 2.50. The molecule has 1 atom stereocenters. The van der Waals surface area contributed by atoms with E-state index < -0.39 is 11.9 Å². The SMILES string of the molecule is CCn1ccc(C(C)C(=O)O)n1. The minimum absolute atomic E-state index is 0.516. The van der Waals surface area contributed by atoms with Crippen LogP contribution in [0.4, 0.5) is 0 Å². The summed E-state index contributed by atoms with van der Waals surface area (Å²) in [6.45, 7) is 4.36. The van der Waals surface area contributed by atoms with Crippen molar-refractivity contribution in [3.05, 3.63) is 18.0 Å². The smallest absolute Gasteiger partial charge is 0.312 e. The molecule has 0 aliphatic rings. The molecule has 4 nitrogen and oxygen atoms in total. The molecule has 0 amide bonds. The minimum atomic E-state index is -0.837. The Hall–Kier alpha value is -1.32. The van der Waals surface area contributed by atoms with Gasteiger partial charge >= 0.3 is 5.97 Å². The second-order valence-corrected chi connectivity index (χ2v) is 2.66. The van der Waals surface area contributed by atoms with E-state index in [1.54, 1.807) is 23.9 Å². The zero-order chi connectivity index (χ0) is 9.14. The first-order valence-electron chi connectivity index (χ1n) is 3.91. The van der Waals surface area contributed by atoms with Gasteiger partial charge in [0.25, 0.3) is 0 Å². The van der Waals surface area contributed by atoms with E-state index in [0.717, 1.165) is 6.54 Å². The summed E-state index contributed by atoms with van der Waals surface area (Å²) < 4.78 is 1.72. The highest BCUT2D eigenvalue weighted by Gasteiger charge is 2.15. The van der Waals surface area contributed by atoms with E-state index >= 15 is 0 Å². The highest BCUT2D eigenvalue weighted by Crippen LogP contribution is 2.11. The minimum Gasteiger partial charge on any atom is -0.481 e. The molecule has 66 valence electrons. The van der Waals surface area contributed by atoms with Crippen LogP contribution in [0, 0.1) is 0 Å². The number of hydrogen-bond acceptors (Lipinski definition) is 2. The molecule has 4 heteroatoms. The average molecular weight is 168 g/mol. The number of rotatable bonds is 3. The summed E-state index contributed by atoms with van der Waals surface area (Å²) in [5.74, 6) is -1.35. The number of nitrogens with zero attached hydrogens (tertiary/aromatic N) is 2. The van der Waals surface area contributed by atoms with Gasteiger partial charge in [0.2, 0.25) is 0 Å². The van der Waals surface area contributed by atoms with Crippen molar-refractivity contribution in [3.8, 4) is 0 Å². The molecule has 0 fully saturated rings. The summed E-state index contributed by atoms with van der Waals surface area (Å²) in [7, 11) is 0. The van der Waals surface area contributed by atoms with Crippen LogP contribution in [0.3, 0.4) is 0 Å². The third-order valence-corrected chi connectivity index (χ3v) is 1.80. The molecule has 1 heterocycles. The Morgan fingerprint density at radius 3 is 2.92 bits per heavy atom. The Kier molecular flexibility index (Phi) is 2.47. The Morgan fingerprint density at radius 1 is 1.83 bits per heavy atom. The van der Waals surface area contributed by atoms with Crippen LogP contribution in [-0.4, -0.2) is 20.9 Å². The quantitative estimate of drug-likeness (QED) is 0.735. The van der Waals surface area contributed by atoms with E-state index in [-0.39, 0.29) is 0 Å². The fraction of sp³-hybridized carbons (Fsp3) is 0.500. The van der Waals surface area contributed by atoms with Gasteiger partial charge in [0, 0.05) is 12.7 Å². The predicted octanol–water partition coefficient (Wildman–Crippen LogP) is 1.09. The zero-order valence-electron chi connectivity index (χ0n) is 7.19. The lowest BCUT2D eigenvalue weighted by molar-refractivity contribution is -0.138. The second-order valence-electron chi connectivity index (χ2n) is 2.66. The third kappa shape index (κ3) is 1.64. The van der Waals surface area contributed by atoms with Crippen LogP contribution in [0.1, 0.15) is 25.5 Å². The molecular weight excluding hydrogens is 156 g/mol. The monoisotopic (exact) mass is 168 g/mol. The molecule has 12 heavy (non-hydrogen) atoms. The van der Waals surface area contributed by atoms with Crippen molar-refractivity contribution in [1.82, 2.24) is 9.78 Å². The summed E-state index contributed by atoms with van der Waals surface area (Å²) >= 11 is 0. The van der Waals surface area contributed by atoms with E-state index in [4.69, 9.17) is 5.11 Å². The molecule has 0 aromatic carbocycles. The van der Waals surface area contributed by atoms with Gasteiger partial charge in [-0.15, -0.1) is 0 Å². The van der Waals surface area contributed by atoms with Crippen molar-refractivity contribution in [3.63, 3.8) is 0 Å². The topological polar surface area (TPSA) is 55.1 Å². The lowest BCUT2D eigenvalue weighted by Crippen LogP contribution is -2.08. The normalized spacial score (nSPS) is 12.8. The van der Waals surface area contributed by atoms with Crippen LogP contribution < -0.4 is 0 Å². The maximum absolute atomic E-state index is 10.5. The van der Waals surface area contributed by atoms with Gasteiger partial charge in [0.05, 0.1) is 11.6 Å². The molecule has 0 spiro atoms. The number of carbonyl (C=O) groups is 1. The maximum Gasteiger partial charge on any atom is 0.312 e. The van der Waals surface area contributed by atoms with Crippen LogP contribution in [0.5, 0.6) is 0 Å². The van der Waals surface area contributed by atoms with E-state index in [9.17, 15) is 4.79 Å². The largest absolute Gasteiger partial charge is 0.481 e. The number of aliphatic carboxylic acids is 1. The molecule has 1 N–H and O–H groups in total. The third-order valence-electron chi connectivity index (χ3n) is 1.80. The molecule has 0 saturated heterocycles. The zero-order valence-corrected chi connectivity index (χ0v) is 7.19. The lowest BCUT2D eigenvalue weighted by Gasteiger charge is -2.00. The van der Waals surface area contributed by atoms with Crippen LogP contribution in [0.2, 0.25) is 0 Å². The van der Waals surface area contributed by atoms with Gasteiger partial charge in [0.1, 0.15) is 0 Å². The van der Waals surface area contributed by atoms with Crippen LogP contribution in [-0.2, 0) is 11.3 Å². The van der Waals surface area contributed by atoms with Crippen LogP contribution >= 0.6 is 0 Å². The summed E-state index contributed by atoms with van der Waals surface area (Å²) in [5.41, 5.74) is 0.615. The van der Waals surface area contributed by atoms with Crippen molar-refractivity contribution in [1.29, 1.82) is 0 Å². The van der Waals surface area contributed by atoms with Crippen molar-refractivity contribution in [2.75, 3.05) is 0 Å². The lowest BCUT2D eigenvalue weighted by atomic mass is 10.1. The Balaban J connectivity index is 2.81. The van der Waals surface area contributed by atoms with Crippen molar-refractivity contribution in [2.24, 2.45) is 0 Å². The van der Waals surface area contributed by atoms with Gasteiger partial charge in [-0.05, 0) is 19.9 Å². The Labute approximate surface area is 70.8 Å². The van der Waals surface area contributed by atoms with E-state index in [1.165, 1.54) is 0 Å². The summed E-state index contributed by atoms with van der Waals surface area (Å²) in [5, 5.41) is 12.8. The Morgan fingerprint density at radius 2 is 2.50 bits per heavy atom. The number of carboxylic acid groups (broad SMARTS) is 1. The summed E-state index contributed by atoms with van der Waals surface area (Å²) in [6.07, 6.45) is 1.79.